The molecule has 0 amide bonds. The minimum Gasteiger partial charge on any atom is -0.481 e. The maximum atomic E-state index is 12.5. The summed E-state index contributed by atoms with van der Waals surface area (Å²) in [5.74, 6) is -0.837. The SMILES string of the molecule is O=C(O)CCCc1cn(CC(F)F)c2ccccc12. The van der Waals surface area contributed by atoms with Crippen molar-refractivity contribution in [2.45, 2.75) is 32.2 Å². The standard InChI is InChI=1S/C14H15F2NO2/c15-13(16)9-17-8-10(4-3-7-14(18)19)11-5-1-2-6-12(11)17/h1-2,5-6,8,13H,3-4,7,9H2,(H,18,19). The van der Waals surface area contributed by atoms with Crippen LogP contribution in [0.15, 0.2) is 30.5 Å². The lowest BCUT2D eigenvalue weighted by atomic mass is 10.1. The fraction of sp³-hybridized carbons (Fsp3) is 0.357. The third kappa shape index (κ3) is 3.30. The predicted molar refractivity (Wildman–Crippen MR) is 68.5 cm³/mol. The van der Waals surface area contributed by atoms with Crippen LogP contribution in [-0.2, 0) is 17.8 Å². The van der Waals surface area contributed by atoms with E-state index in [1.165, 1.54) is 4.57 Å². The number of hydrogen-bond donors (Lipinski definition) is 1. The molecule has 0 aliphatic rings. The number of carboxylic acid groups (broad SMARTS) is 1. The van der Waals surface area contributed by atoms with E-state index in [-0.39, 0.29) is 13.0 Å². The first kappa shape index (κ1) is 13.5. The average Bonchev–Trinajstić information content (AvgIpc) is 2.67. The Kier molecular flexibility index (Phi) is 4.14. The van der Waals surface area contributed by atoms with Gasteiger partial charge >= 0.3 is 5.97 Å². The Morgan fingerprint density at radius 1 is 1.32 bits per heavy atom. The summed E-state index contributed by atoms with van der Waals surface area (Å²) in [4.78, 5) is 10.5. The summed E-state index contributed by atoms with van der Waals surface area (Å²) in [5, 5.41) is 9.55. The van der Waals surface area contributed by atoms with E-state index >= 15 is 0 Å². The van der Waals surface area contributed by atoms with E-state index in [9.17, 15) is 13.6 Å². The van der Waals surface area contributed by atoms with Crippen molar-refractivity contribution in [2.24, 2.45) is 0 Å². The van der Waals surface area contributed by atoms with Gasteiger partial charge in [-0.25, -0.2) is 8.78 Å². The molecule has 1 heterocycles. The van der Waals surface area contributed by atoms with E-state index in [2.05, 4.69) is 0 Å². The van der Waals surface area contributed by atoms with Crippen molar-refractivity contribution in [1.82, 2.24) is 4.57 Å². The molecule has 0 aliphatic carbocycles. The number of aryl methyl sites for hydroxylation is 1. The second-order valence-corrected chi connectivity index (χ2v) is 4.46. The molecule has 0 spiro atoms. The molecule has 0 saturated heterocycles. The van der Waals surface area contributed by atoms with Gasteiger partial charge in [-0.1, -0.05) is 18.2 Å². The van der Waals surface area contributed by atoms with Gasteiger partial charge in [-0.3, -0.25) is 4.79 Å². The van der Waals surface area contributed by atoms with Crippen molar-refractivity contribution >= 4 is 16.9 Å². The van der Waals surface area contributed by atoms with Crippen molar-refractivity contribution < 1.29 is 18.7 Å². The van der Waals surface area contributed by atoms with Crippen LogP contribution in [0.4, 0.5) is 8.78 Å². The number of nitrogens with zero attached hydrogens (tertiary/aromatic N) is 1. The molecule has 0 atom stereocenters. The fourth-order valence-electron chi connectivity index (χ4n) is 2.25. The molecule has 19 heavy (non-hydrogen) atoms. The average molecular weight is 267 g/mol. The zero-order valence-electron chi connectivity index (χ0n) is 10.4. The van der Waals surface area contributed by atoms with Gasteiger partial charge in [-0.15, -0.1) is 0 Å². The molecule has 2 rings (SSSR count). The maximum absolute atomic E-state index is 12.5. The van der Waals surface area contributed by atoms with Crippen molar-refractivity contribution in [3.63, 3.8) is 0 Å². The quantitative estimate of drug-likeness (QED) is 0.872. The molecule has 2 aromatic rings. The molecular formula is C14H15F2NO2. The first-order valence-corrected chi connectivity index (χ1v) is 6.14. The summed E-state index contributed by atoms with van der Waals surface area (Å²) in [6.45, 7) is -0.334. The molecule has 3 nitrogen and oxygen atoms in total. The Morgan fingerprint density at radius 3 is 2.74 bits per heavy atom. The van der Waals surface area contributed by atoms with E-state index in [1.54, 1.807) is 12.3 Å². The minimum absolute atomic E-state index is 0.0916. The first-order chi connectivity index (χ1) is 9.08. The van der Waals surface area contributed by atoms with Crippen LogP contribution in [0.2, 0.25) is 0 Å². The van der Waals surface area contributed by atoms with Gasteiger partial charge in [0.15, 0.2) is 0 Å². The Bertz CT molecular complexity index is 578. The number of carboxylic acids is 1. The van der Waals surface area contributed by atoms with Crippen molar-refractivity contribution in [2.75, 3.05) is 0 Å². The highest BCUT2D eigenvalue weighted by atomic mass is 19.3. The molecule has 1 aromatic heterocycles. The number of aromatic nitrogens is 1. The van der Waals surface area contributed by atoms with Gasteiger partial charge in [-0.2, -0.15) is 0 Å². The molecule has 0 radical (unpaired) electrons. The van der Waals surface area contributed by atoms with Gasteiger partial charge in [0.2, 0.25) is 0 Å². The molecule has 5 heteroatoms. The molecule has 102 valence electrons. The molecule has 0 fully saturated rings. The van der Waals surface area contributed by atoms with Crippen LogP contribution < -0.4 is 0 Å². The Balaban J connectivity index is 2.25. The van der Waals surface area contributed by atoms with Crippen LogP contribution in [-0.4, -0.2) is 22.1 Å². The number of carbonyl (C=O) groups is 1. The van der Waals surface area contributed by atoms with E-state index in [0.29, 0.717) is 12.8 Å². The molecule has 0 saturated carbocycles. The zero-order valence-corrected chi connectivity index (χ0v) is 10.4. The van der Waals surface area contributed by atoms with E-state index in [1.807, 2.05) is 18.2 Å². The Hall–Kier alpha value is -1.91. The molecule has 0 aliphatic heterocycles. The molecule has 0 unspecified atom stereocenters. The Morgan fingerprint density at radius 2 is 2.05 bits per heavy atom. The summed E-state index contributed by atoms with van der Waals surface area (Å²) in [6.07, 6.45) is 0.497. The summed E-state index contributed by atoms with van der Waals surface area (Å²) in [5.41, 5.74) is 1.70. The van der Waals surface area contributed by atoms with E-state index < -0.39 is 12.4 Å². The summed E-state index contributed by atoms with van der Waals surface area (Å²) in [6, 6.07) is 7.35. The largest absolute Gasteiger partial charge is 0.481 e. The monoisotopic (exact) mass is 267 g/mol. The molecule has 1 N–H and O–H groups in total. The van der Waals surface area contributed by atoms with E-state index in [4.69, 9.17) is 5.11 Å². The topological polar surface area (TPSA) is 42.2 Å². The normalized spacial score (nSPS) is 11.3. The summed E-state index contributed by atoms with van der Waals surface area (Å²) < 4.78 is 26.6. The highest BCUT2D eigenvalue weighted by Crippen LogP contribution is 2.23. The van der Waals surface area contributed by atoms with Gasteiger partial charge in [0.25, 0.3) is 6.43 Å². The number of para-hydroxylation sites is 1. The number of alkyl halides is 2. The number of hydrogen-bond acceptors (Lipinski definition) is 1. The molecular weight excluding hydrogens is 252 g/mol. The Labute approximate surface area is 109 Å². The van der Waals surface area contributed by atoms with Gasteiger partial charge in [0, 0.05) is 23.5 Å². The third-order valence-corrected chi connectivity index (χ3v) is 3.04. The lowest BCUT2D eigenvalue weighted by molar-refractivity contribution is -0.137. The van der Waals surface area contributed by atoms with Gasteiger partial charge in [0.05, 0.1) is 6.54 Å². The number of rotatable bonds is 6. The van der Waals surface area contributed by atoms with Crippen LogP contribution >= 0.6 is 0 Å². The smallest absolute Gasteiger partial charge is 0.303 e. The number of fused-ring (bicyclic) bond motifs is 1. The van der Waals surface area contributed by atoms with E-state index in [0.717, 1.165) is 16.5 Å². The van der Waals surface area contributed by atoms with Crippen LogP contribution in [0.5, 0.6) is 0 Å². The summed E-state index contributed by atoms with van der Waals surface area (Å²) >= 11 is 0. The van der Waals surface area contributed by atoms with Crippen LogP contribution in [0.1, 0.15) is 18.4 Å². The maximum Gasteiger partial charge on any atom is 0.303 e. The van der Waals surface area contributed by atoms with Gasteiger partial charge in [-0.05, 0) is 24.5 Å². The first-order valence-electron chi connectivity index (χ1n) is 6.14. The third-order valence-electron chi connectivity index (χ3n) is 3.04. The molecule has 0 bridgehead atoms. The number of benzene rings is 1. The lowest BCUT2D eigenvalue weighted by Crippen LogP contribution is -2.04. The van der Waals surface area contributed by atoms with Crippen molar-refractivity contribution in [3.05, 3.63) is 36.0 Å². The van der Waals surface area contributed by atoms with Crippen molar-refractivity contribution in [1.29, 1.82) is 0 Å². The second kappa shape index (κ2) is 5.82. The van der Waals surface area contributed by atoms with Gasteiger partial charge < -0.3 is 9.67 Å². The second-order valence-electron chi connectivity index (χ2n) is 4.46. The molecule has 1 aromatic carbocycles. The number of halogens is 2. The highest BCUT2D eigenvalue weighted by Gasteiger charge is 2.11. The van der Waals surface area contributed by atoms with Crippen LogP contribution in [0.25, 0.3) is 10.9 Å². The zero-order chi connectivity index (χ0) is 13.8. The predicted octanol–water partition coefficient (Wildman–Crippen LogP) is 3.31. The summed E-state index contributed by atoms with van der Waals surface area (Å²) in [7, 11) is 0. The lowest BCUT2D eigenvalue weighted by Gasteiger charge is -2.03. The van der Waals surface area contributed by atoms with Crippen LogP contribution in [0.3, 0.4) is 0 Å². The minimum atomic E-state index is -2.40. The number of aliphatic carboxylic acids is 1. The van der Waals surface area contributed by atoms with Crippen molar-refractivity contribution in [3.8, 4) is 0 Å². The van der Waals surface area contributed by atoms with Gasteiger partial charge in [0.1, 0.15) is 0 Å². The fourth-order valence-corrected chi connectivity index (χ4v) is 2.25. The highest BCUT2D eigenvalue weighted by molar-refractivity contribution is 5.84. The van der Waals surface area contributed by atoms with Crippen LogP contribution in [0, 0.1) is 0 Å².